The topological polar surface area (TPSA) is 63.9 Å². The zero-order valence-corrected chi connectivity index (χ0v) is 10.9. The molecule has 0 radical (unpaired) electrons. The zero-order chi connectivity index (χ0) is 12.1. The second-order valence-corrected chi connectivity index (χ2v) is 4.97. The van der Waals surface area contributed by atoms with Gasteiger partial charge in [0.05, 0.1) is 24.2 Å². The van der Waals surface area contributed by atoms with Crippen molar-refractivity contribution in [3.63, 3.8) is 0 Å². The van der Waals surface area contributed by atoms with Crippen LogP contribution >= 0.6 is 23.4 Å². The van der Waals surface area contributed by atoms with Gasteiger partial charge >= 0.3 is 0 Å². The number of nitrogens with one attached hydrogen (secondary N) is 1. The lowest BCUT2D eigenvalue weighted by Gasteiger charge is -1.99. The number of rotatable bonds is 6. The van der Waals surface area contributed by atoms with Crippen molar-refractivity contribution in [1.82, 2.24) is 9.97 Å². The molecule has 2 aromatic rings. The van der Waals surface area contributed by atoms with Gasteiger partial charge in [0.1, 0.15) is 0 Å². The van der Waals surface area contributed by atoms with Crippen LogP contribution in [0.1, 0.15) is 0 Å². The maximum Gasteiger partial charge on any atom is 0.166 e. The number of thioether (sulfide) groups is 1. The predicted molar refractivity (Wildman–Crippen MR) is 71.7 cm³/mol. The third-order valence-electron chi connectivity index (χ3n) is 2.15. The summed E-state index contributed by atoms with van der Waals surface area (Å²) < 4.78 is 5.29. The maximum atomic E-state index is 5.90. The van der Waals surface area contributed by atoms with Crippen molar-refractivity contribution in [2.75, 3.05) is 25.5 Å². The van der Waals surface area contributed by atoms with Gasteiger partial charge in [0.2, 0.25) is 0 Å². The highest BCUT2D eigenvalue weighted by Gasteiger charge is 2.03. The number of hydrogen-bond donors (Lipinski definition) is 2. The van der Waals surface area contributed by atoms with Gasteiger partial charge in [-0.2, -0.15) is 0 Å². The van der Waals surface area contributed by atoms with Crippen LogP contribution in [0.5, 0.6) is 0 Å². The van der Waals surface area contributed by atoms with Gasteiger partial charge in [0.15, 0.2) is 5.16 Å². The molecule has 6 heteroatoms. The summed E-state index contributed by atoms with van der Waals surface area (Å²) in [5.41, 5.74) is 7.22. The third-order valence-corrected chi connectivity index (χ3v) is 3.22. The molecule has 1 aromatic carbocycles. The molecule has 17 heavy (non-hydrogen) atoms. The molecule has 0 aliphatic rings. The lowest BCUT2D eigenvalue weighted by molar-refractivity contribution is 0.158. The molecule has 0 saturated heterocycles. The summed E-state index contributed by atoms with van der Waals surface area (Å²) in [5, 5.41) is 1.60. The molecule has 0 atom stereocenters. The van der Waals surface area contributed by atoms with E-state index in [1.165, 1.54) is 0 Å². The van der Waals surface area contributed by atoms with Crippen LogP contribution in [0.25, 0.3) is 11.0 Å². The maximum absolute atomic E-state index is 5.90. The number of imidazole rings is 1. The fraction of sp³-hybridized carbons (Fsp3) is 0.364. The van der Waals surface area contributed by atoms with Crippen LogP contribution < -0.4 is 5.73 Å². The highest BCUT2D eigenvalue weighted by molar-refractivity contribution is 7.99. The first kappa shape index (κ1) is 12.7. The van der Waals surface area contributed by atoms with Gasteiger partial charge in [-0.05, 0) is 18.2 Å². The first-order valence-corrected chi connectivity index (χ1v) is 6.72. The van der Waals surface area contributed by atoms with Gasteiger partial charge in [-0.3, -0.25) is 0 Å². The summed E-state index contributed by atoms with van der Waals surface area (Å²) in [7, 11) is 0. The average molecular weight is 272 g/mol. The molecule has 1 heterocycles. The molecule has 2 rings (SSSR count). The molecule has 0 aliphatic carbocycles. The minimum atomic E-state index is 0.563. The van der Waals surface area contributed by atoms with Crippen molar-refractivity contribution >= 4 is 34.4 Å². The van der Waals surface area contributed by atoms with Crippen molar-refractivity contribution in [2.45, 2.75) is 5.16 Å². The quantitative estimate of drug-likeness (QED) is 0.625. The number of nitrogens with two attached hydrogens (primary N) is 1. The smallest absolute Gasteiger partial charge is 0.166 e. The first-order valence-electron chi connectivity index (χ1n) is 5.35. The number of nitrogens with zero attached hydrogens (tertiary/aromatic N) is 1. The lowest BCUT2D eigenvalue weighted by atomic mass is 10.3. The molecule has 92 valence electrons. The molecular formula is C11H14ClN3OS. The van der Waals surface area contributed by atoms with E-state index in [4.69, 9.17) is 22.1 Å². The van der Waals surface area contributed by atoms with Crippen LogP contribution in [0.2, 0.25) is 5.02 Å². The van der Waals surface area contributed by atoms with Crippen LogP contribution in [0.4, 0.5) is 0 Å². The van der Waals surface area contributed by atoms with Crippen LogP contribution in [-0.4, -0.2) is 35.5 Å². The van der Waals surface area contributed by atoms with E-state index in [0.717, 1.165) is 21.9 Å². The minimum Gasteiger partial charge on any atom is -0.379 e. The molecule has 0 saturated carbocycles. The standard InChI is InChI=1S/C11H14ClN3OS/c12-8-1-2-9-10(7-8)15-11(14-9)17-6-5-16-4-3-13/h1-2,7H,3-6,13H2,(H,14,15). The van der Waals surface area contributed by atoms with Crippen LogP contribution in [0, 0.1) is 0 Å². The number of halogens is 1. The number of benzene rings is 1. The summed E-state index contributed by atoms with van der Waals surface area (Å²) in [5.74, 6) is 0.855. The molecule has 0 spiro atoms. The predicted octanol–water partition coefficient (Wildman–Crippen LogP) is 2.28. The largest absolute Gasteiger partial charge is 0.379 e. The summed E-state index contributed by atoms with van der Waals surface area (Å²) in [6, 6.07) is 5.62. The molecule has 0 amide bonds. The number of fused-ring (bicyclic) bond motifs is 1. The van der Waals surface area contributed by atoms with Crippen molar-refractivity contribution in [3.05, 3.63) is 23.2 Å². The number of hydrogen-bond acceptors (Lipinski definition) is 4. The molecule has 0 fully saturated rings. The molecular weight excluding hydrogens is 258 g/mol. The number of aromatic nitrogens is 2. The normalized spacial score (nSPS) is 11.2. The Morgan fingerprint density at radius 1 is 1.41 bits per heavy atom. The van der Waals surface area contributed by atoms with Crippen molar-refractivity contribution in [3.8, 4) is 0 Å². The summed E-state index contributed by atoms with van der Waals surface area (Å²) in [6.45, 7) is 1.85. The van der Waals surface area contributed by atoms with E-state index in [1.807, 2.05) is 18.2 Å². The Morgan fingerprint density at radius 2 is 2.29 bits per heavy atom. The Hall–Kier alpha value is -0.750. The molecule has 0 aliphatic heterocycles. The van der Waals surface area contributed by atoms with Crippen molar-refractivity contribution in [1.29, 1.82) is 0 Å². The van der Waals surface area contributed by atoms with Crippen LogP contribution in [0.15, 0.2) is 23.4 Å². The zero-order valence-electron chi connectivity index (χ0n) is 9.28. The highest BCUT2D eigenvalue weighted by Crippen LogP contribution is 2.21. The second kappa shape index (κ2) is 6.26. The summed E-state index contributed by atoms with van der Waals surface area (Å²) in [6.07, 6.45) is 0. The van der Waals surface area contributed by atoms with E-state index >= 15 is 0 Å². The second-order valence-electron chi connectivity index (χ2n) is 3.45. The molecule has 0 bridgehead atoms. The molecule has 3 N–H and O–H groups in total. The van der Waals surface area contributed by atoms with Crippen molar-refractivity contribution in [2.24, 2.45) is 5.73 Å². The van der Waals surface area contributed by atoms with Crippen LogP contribution in [0.3, 0.4) is 0 Å². The Kier molecular flexibility index (Phi) is 4.67. The Labute approximate surface area is 109 Å². The molecule has 1 aromatic heterocycles. The van der Waals surface area contributed by atoms with E-state index in [9.17, 15) is 0 Å². The number of H-pyrrole nitrogens is 1. The molecule has 0 unspecified atom stereocenters. The number of aromatic amines is 1. The fourth-order valence-corrected chi connectivity index (χ4v) is 2.32. The van der Waals surface area contributed by atoms with E-state index in [2.05, 4.69) is 9.97 Å². The van der Waals surface area contributed by atoms with Gasteiger partial charge in [-0.25, -0.2) is 4.98 Å². The Morgan fingerprint density at radius 3 is 3.12 bits per heavy atom. The van der Waals surface area contributed by atoms with Crippen LogP contribution in [-0.2, 0) is 4.74 Å². The van der Waals surface area contributed by atoms with Gasteiger partial charge < -0.3 is 15.5 Å². The summed E-state index contributed by atoms with van der Waals surface area (Å²) in [4.78, 5) is 7.65. The number of ether oxygens (including phenoxy) is 1. The summed E-state index contributed by atoms with van der Waals surface area (Å²) >= 11 is 7.53. The molecule has 4 nitrogen and oxygen atoms in total. The van der Waals surface area contributed by atoms with Gasteiger partial charge in [0.25, 0.3) is 0 Å². The average Bonchev–Trinajstić information content (AvgIpc) is 2.70. The fourth-order valence-electron chi connectivity index (χ4n) is 1.41. The van der Waals surface area contributed by atoms with E-state index in [-0.39, 0.29) is 0 Å². The first-order chi connectivity index (χ1) is 8.29. The van der Waals surface area contributed by atoms with E-state index < -0.39 is 0 Å². The van der Waals surface area contributed by atoms with Gasteiger partial charge in [-0.1, -0.05) is 23.4 Å². The monoisotopic (exact) mass is 271 g/mol. The third kappa shape index (κ3) is 3.61. The van der Waals surface area contributed by atoms with Gasteiger partial charge in [-0.15, -0.1) is 0 Å². The van der Waals surface area contributed by atoms with E-state index in [1.54, 1.807) is 11.8 Å². The minimum absolute atomic E-state index is 0.563. The van der Waals surface area contributed by atoms with Gasteiger partial charge in [0, 0.05) is 17.3 Å². The SMILES string of the molecule is NCCOCCSc1nc2ccc(Cl)cc2[nH]1. The van der Waals surface area contributed by atoms with E-state index in [0.29, 0.717) is 24.8 Å². The lowest BCUT2D eigenvalue weighted by Crippen LogP contribution is -2.09. The Balaban J connectivity index is 1.91. The van der Waals surface area contributed by atoms with Crippen molar-refractivity contribution < 1.29 is 4.74 Å². The highest BCUT2D eigenvalue weighted by atomic mass is 35.5. The Bertz CT molecular complexity index is 489.